The molecular formula is C13H15N3O. The molecule has 0 aliphatic carbocycles. The zero-order chi connectivity index (χ0) is 11.9. The molecule has 2 saturated heterocycles. The van der Waals surface area contributed by atoms with Gasteiger partial charge in [0.2, 0.25) is 0 Å². The Morgan fingerprint density at radius 3 is 2.71 bits per heavy atom. The smallest absolute Gasteiger partial charge is 0.140 e. The van der Waals surface area contributed by atoms with Crippen molar-refractivity contribution in [2.24, 2.45) is 0 Å². The maximum Gasteiger partial charge on any atom is 0.140 e. The van der Waals surface area contributed by atoms with Gasteiger partial charge in [0.15, 0.2) is 0 Å². The van der Waals surface area contributed by atoms with Gasteiger partial charge in [-0.05, 0) is 12.1 Å². The standard InChI is InChI=1S/C13H15N3O/c14-8-10-11(15)2-1-3-12(10)17-13-4-6-16(9-13)7-5-13/h1-3H,4-7,9,15H2. The number of ether oxygens (including phenoxy) is 1. The van der Waals surface area contributed by atoms with Gasteiger partial charge >= 0.3 is 0 Å². The normalized spacial score (nSPS) is 30.2. The van der Waals surface area contributed by atoms with Gasteiger partial charge < -0.3 is 10.5 Å². The van der Waals surface area contributed by atoms with Gasteiger partial charge in [0, 0.05) is 32.5 Å². The Kier molecular flexibility index (Phi) is 2.23. The third kappa shape index (κ3) is 1.63. The van der Waals surface area contributed by atoms with Crippen LogP contribution in [0.15, 0.2) is 18.2 Å². The van der Waals surface area contributed by atoms with Gasteiger partial charge in [0.25, 0.3) is 0 Å². The maximum atomic E-state index is 9.12. The summed E-state index contributed by atoms with van der Waals surface area (Å²) in [5.41, 5.74) is 6.66. The van der Waals surface area contributed by atoms with Crippen molar-refractivity contribution >= 4 is 5.69 Å². The lowest BCUT2D eigenvalue weighted by atomic mass is 9.99. The van der Waals surface area contributed by atoms with Crippen LogP contribution in [0.5, 0.6) is 5.75 Å². The zero-order valence-corrected chi connectivity index (χ0v) is 9.65. The third-order valence-electron chi connectivity index (χ3n) is 3.78. The Labute approximate surface area is 101 Å². The van der Waals surface area contributed by atoms with Crippen molar-refractivity contribution in [1.82, 2.24) is 4.90 Å². The first-order valence-corrected chi connectivity index (χ1v) is 5.92. The molecule has 2 aliphatic rings. The third-order valence-corrected chi connectivity index (χ3v) is 3.78. The van der Waals surface area contributed by atoms with Crippen LogP contribution in [0.25, 0.3) is 0 Å². The van der Waals surface area contributed by atoms with Crippen LogP contribution in [-0.4, -0.2) is 30.1 Å². The summed E-state index contributed by atoms with van der Waals surface area (Å²) in [4.78, 5) is 2.40. The van der Waals surface area contributed by atoms with E-state index in [4.69, 9.17) is 15.7 Å². The largest absolute Gasteiger partial charge is 0.484 e. The Morgan fingerprint density at radius 2 is 2.12 bits per heavy atom. The highest BCUT2D eigenvalue weighted by Gasteiger charge is 2.46. The molecule has 0 unspecified atom stereocenters. The molecule has 0 spiro atoms. The topological polar surface area (TPSA) is 62.3 Å². The Morgan fingerprint density at radius 1 is 1.35 bits per heavy atom. The number of nitrogens with zero attached hydrogens (tertiary/aromatic N) is 2. The monoisotopic (exact) mass is 229 g/mol. The van der Waals surface area contributed by atoms with Crippen LogP contribution in [0.1, 0.15) is 18.4 Å². The Balaban J connectivity index is 1.91. The number of rotatable bonds is 2. The number of nitrogens with two attached hydrogens (primary N) is 1. The molecule has 1 aromatic carbocycles. The van der Waals surface area contributed by atoms with Gasteiger partial charge in [0.1, 0.15) is 23.0 Å². The second kappa shape index (κ2) is 3.64. The summed E-state index contributed by atoms with van der Waals surface area (Å²) >= 11 is 0. The molecule has 17 heavy (non-hydrogen) atoms. The van der Waals surface area contributed by atoms with Crippen LogP contribution in [0.3, 0.4) is 0 Å². The lowest BCUT2D eigenvalue weighted by Gasteiger charge is -2.27. The summed E-state index contributed by atoms with van der Waals surface area (Å²) in [6, 6.07) is 7.54. The molecule has 1 aromatic rings. The molecule has 2 N–H and O–H groups in total. The van der Waals surface area contributed by atoms with E-state index in [9.17, 15) is 0 Å². The van der Waals surface area contributed by atoms with E-state index in [1.54, 1.807) is 6.07 Å². The molecule has 4 nitrogen and oxygen atoms in total. The molecule has 0 aromatic heterocycles. The zero-order valence-electron chi connectivity index (χ0n) is 9.65. The van der Waals surface area contributed by atoms with E-state index in [-0.39, 0.29) is 5.60 Å². The highest BCUT2D eigenvalue weighted by Crippen LogP contribution is 2.38. The van der Waals surface area contributed by atoms with Crippen molar-refractivity contribution in [3.63, 3.8) is 0 Å². The highest BCUT2D eigenvalue weighted by atomic mass is 16.5. The van der Waals surface area contributed by atoms with Gasteiger partial charge in [-0.1, -0.05) is 6.07 Å². The summed E-state index contributed by atoms with van der Waals surface area (Å²) in [5.74, 6) is 0.635. The van der Waals surface area contributed by atoms with E-state index in [0.29, 0.717) is 17.0 Å². The number of anilines is 1. The number of benzene rings is 1. The summed E-state index contributed by atoms with van der Waals surface area (Å²) < 4.78 is 6.11. The second-order valence-corrected chi connectivity index (χ2v) is 4.89. The Bertz CT molecular complexity index is 484. The van der Waals surface area contributed by atoms with Gasteiger partial charge in [-0.2, -0.15) is 5.26 Å². The van der Waals surface area contributed by atoms with E-state index in [1.165, 1.54) is 0 Å². The first kappa shape index (κ1) is 10.4. The predicted molar refractivity (Wildman–Crippen MR) is 64.6 cm³/mol. The molecule has 3 rings (SSSR count). The van der Waals surface area contributed by atoms with Gasteiger partial charge in [-0.3, -0.25) is 4.90 Å². The van der Waals surface area contributed by atoms with Crippen molar-refractivity contribution in [2.45, 2.75) is 18.4 Å². The van der Waals surface area contributed by atoms with Crippen LogP contribution in [-0.2, 0) is 0 Å². The summed E-state index contributed by atoms with van der Waals surface area (Å²) in [7, 11) is 0. The lowest BCUT2D eigenvalue weighted by Crippen LogP contribution is -2.34. The number of nitriles is 1. The highest BCUT2D eigenvalue weighted by molar-refractivity contribution is 5.61. The molecule has 4 heteroatoms. The van der Waals surface area contributed by atoms with Crippen molar-refractivity contribution in [3.8, 4) is 11.8 Å². The molecule has 0 saturated carbocycles. The number of hydrogen-bond donors (Lipinski definition) is 1. The minimum Gasteiger partial charge on any atom is -0.484 e. The summed E-state index contributed by atoms with van der Waals surface area (Å²) in [6.07, 6.45) is 2.10. The average Bonchev–Trinajstić information content (AvgIpc) is 2.89. The molecule has 88 valence electrons. The van der Waals surface area contributed by atoms with Crippen LogP contribution in [0.4, 0.5) is 5.69 Å². The second-order valence-electron chi connectivity index (χ2n) is 4.89. The first-order valence-electron chi connectivity index (χ1n) is 5.92. The minimum atomic E-state index is -0.0839. The van der Waals surface area contributed by atoms with Crippen LogP contribution < -0.4 is 10.5 Å². The van der Waals surface area contributed by atoms with Gasteiger partial charge in [-0.25, -0.2) is 0 Å². The van der Waals surface area contributed by atoms with Crippen molar-refractivity contribution in [3.05, 3.63) is 23.8 Å². The van der Waals surface area contributed by atoms with E-state index < -0.39 is 0 Å². The number of nitrogen functional groups attached to an aromatic ring is 1. The van der Waals surface area contributed by atoms with Gasteiger partial charge in [0.05, 0.1) is 5.69 Å². The van der Waals surface area contributed by atoms with Gasteiger partial charge in [-0.15, -0.1) is 0 Å². The molecule has 2 aliphatic heterocycles. The quantitative estimate of drug-likeness (QED) is 0.778. The minimum absolute atomic E-state index is 0.0839. The van der Waals surface area contributed by atoms with Crippen molar-refractivity contribution < 1.29 is 4.74 Å². The fourth-order valence-electron chi connectivity index (χ4n) is 2.80. The van der Waals surface area contributed by atoms with E-state index in [2.05, 4.69) is 11.0 Å². The maximum absolute atomic E-state index is 9.12. The fourth-order valence-corrected chi connectivity index (χ4v) is 2.80. The molecule has 0 atom stereocenters. The molecule has 2 bridgehead atoms. The lowest BCUT2D eigenvalue weighted by molar-refractivity contribution is 0.0966. The SMILES string of the molecule is N#Cc1c(N)cccc1OC12CCN(CC1)C2. The summed E-state index contributed by atoms with van der Waals surface area (Å²) in [6.45, 7) is 3.18. The fraction of sp³-hybridized carbons (Fsp3) is 0.462. The molecule has 0 radical (unpaired) electrons. The summed E-state index contributed by atoms with van der Waals surface area (Å²) in [5, 5.41) is 9.12. The molecule has 0 amide bonds. The average molecular weight is 229 g/mol. The molecular weight excluding hydrogens is 214 g/mol. The molecule has 2 heterocycles. The number of fused-ring (bicyclic) bond motifs is 2. The van der Waals surface area contributed by atoms with Crippen LogP contribution >= 0.6 is 0 Å². The van der Waals surface area contributed by atoms with Crippen LogP contribution in [0.2, 0.25) is 0 Å². The van der Waals surface area contributed by atoms with Crippen molar-refractivity contribution in [1.29, 1.82) is 5.26 Å². The predicted octanol–water partition coefficient (Wildman–Crippen LogP) is 1.37. The Hall–Kier alpha value is -1.73. The number of piperidine rings is 1. The first-order chi connectivity index (χ1) is 8.22. The van der Waals surface area contributed by atoms with E-state index >= 15 is 0 Å². The van der Waals surface area contributed by atoms with E-state index in [1.807, 2.05) is 12.1 Å². The number of hydrogen-bond acceptors (Lipinski definition) is 4. The van der Waals surface area contributed by atoms with E-state index in [0.717, 1.165) is 32.5 Å². The van der Waals surface area contributed by atoms with Crippen molar-refractivity contribution in [2.75, 3.05) is 25.4 Å². The molecule has 2 fully saturated rings. The van der Waals surface area contributed by atoms with Crippen LogP contribution in [0, 0.1) is 11.3 Å².